The molecule has 2 nitrogen and oxygen atoms in total. The van der Waals surface area contributed by atoms with Crippen molar-refractivity contribution in [1.82, 2.24) is 0 Å². The van der Waals surface area contributed by atoms with Crippen LogP contribution in [0.1, 0.15) is 20.3 Å². The molecule has 0 amide bonds. The maximum absolute atomic E-state index is 13.3. The van der Waals surface area contributed by atoms with Gasteiger partial charge in [0.1, 0.15) is 6.17 Å². The van der Waals surface area contributed by atoms with E-state index in [0.29, 0.717) is 6.42 Å². The number of alkyl halides is 1. The smallest absolute Gasteiger partial charge is 0.129 e. The SMILES string of the molecule is CC(C)[C@@H]1C[C@H](CO)[C@@H](O)[C@@H]1F. The molecule has 72 valence electrons. The molecule has 0 bridgehead atoms. The molecule has 0 unspecified atom stereocenters. The minimum Gasteiger partial charge on any atom is -0.396 e. The van der Waals surface area contributed by atoms with Crippen molar-refractivity contribution in [2.75, 3.05) is 6.61 Å². The highest BCUT2D eigenvalue weighted by atomic mass is 19.1. The first-order chi connectivity index (χ1) is 5.57. The number of halogens is 1. The molecule has 2 N–H and O–H groups in total. The third-order valence-electron chi connectivity index (χ3n) is 2.88. The van der Waals surface area contributed by atoms with Gasteiger partial charge in [-0.3, -0.25) is 0 Å². The highest BCUT2D eigenvalue weighted by Crippen LogP contribution is 2.37. The summed E-state index contributed by atoms with van der Waals surface area (Å²) in [4.78, 5) is 0. The Morgan fingerprint density at radius 2 is 2.08 bits per heavy atom. The van der Waals surface area contributed by atoms with Gasteiger partial charge in [0.2, 0.25) is 0 Å². The van der Waals surface area contributed by atoms with Gasteiger partial charge in [0.15, 0.2) is 0 Å². The first-order valence-corrected chi connectivity index (χ1v) is 4.51. The Hall–Kier alpha value is -0.150. The van der Waals surface area contributed by atoms with Crippen LogP contribution in [0.4, 0.5) is 4.39 Å². The Bertz CT molecular complexity index is 149. The van der Waals surface area contributed by atoms with Gasteiger partial charge in [0.25, 0.3) is 0 Å². The van der Waals surface area contributed by atoms with E-state index >= 15 is 0 Å². The number of rotatable bonds is 2. The van der Waals surface area contributed by atoms with Crippen LogP contribution in [0.2, 0.25) is 0 Å². The fraction of sp³-hybridized carbons (Fsp3) is 1.00. The van der Waals surface area contributed by atoms with Gasteiger partial charge in [-0.2, -0.15) is 0 Å². The van der Waals surface area contributed by atoms with Crippen molar-refractivity contribution in [1.29, 1.82) is 0 Å². The van der Waals surface area contributed by atoms with Gasteiger partial charge < -0.3 is 10.2 Å². The van der Waals surface area contributed by atoms with E-state index in [0.717, 1.165) is 0 Å². The van der Waals surface area contributed by atoms with Gasteiger partial charge >= 0.3 is 0 Å². The number of aliphatic hydroxyl groups excluding tert-OH is 2. The zero-order valence-electron chi connectivity index (χ0n) is 7.57. The van der Waals surface area contributed by atoms with E-state index in [1.807, 2.05) is 13.8 Å². The van der Waals surface area contributed by atoms with Gasteiger partial charge in [-0.25, -0.2) is 4.39 Å². The Labute approximate surface area is 72.4 Å². The summed E-state index contributed by atoms with van der Waals surface area (Å²) in [5.41, 5.74) is 0. The molecular weight excluding hydrogens is 159 g/mol. The summed E-state index contributed by atoms with van der Waals surface area (Å²) >= 11 is 0. The molecule has 0 heterocycles. The minimum absolute atomic E-state index is 0.0860. The Morgan fingerprint density at radius 3 is 2.33 bits per heavy atom. The molecule has 1 saturated carbocycles. The molecule has 0 aromatic carbocycles. The van der Waals surface area contributed by atoms with Crippen LogP contribution in [0.25, 0.3) is 0 Å². The van der Waals surface area contributed by atoms with Crippen molar-refractivity contribution in [2.24, 2.45) is 17.8 Å². The topological polar surface area (TPSA) is 40.5 Å². The van der Waals surface area contributed by atoms with Crippen molar-refractivity contribution >= 4 is 0 Å². The lowest BCUT2D eigenvalue weighted by Gasteiger charge is -2.17. The Kier molecular flexibility index (Phi) is 3.07. The van der Waals surface area contributed by atoms with Crippen LogP contribution >= 0.6 is 0 Å². The summed E-state index contributed by atoms with van der Waals surface area (Å²) in [6.07, 6.45) is -1.50. The quantitative estimate of drug-likeness (QED) is 0.658. The Morgan fingerprint density at radius 1 is 1.50 bits per heavy atom. The molecule has 0 aromatic heterocycles. The maximum Gasteiger partial charge on any atom is 0.129 e. The van der Waals surface area contributed by atoms with Crippen LogP contribution in [-0.4, -0.2) is 29.1 Å². The lowest BCUT2D eigenvalue weighted by molar-refractivity contribution is 0.0351. The minimum atomic E-state index is -1.15. The number of hydrogen-bond acceptors (Lipinski definition) is 2. The second-order valence-corrected chi connectivity index (χ2v) is 4.02. The third kappa shape index (κ3) is 1.62. The van der Waals surface area contributed by atoms with E-state index in [9.17, 15) is 9.50 Å². The van der Waals surface area contributed by atoms with Crippen molar-refractivity contribution in [3.8, 4) is 0 Å². The molecule has 1 fully saturated rings. The third-order valence-corrected chi connectivity index (χ3v) is 2.88. The van der Waals surface area contributed by atoms with Crippen molar-refractivity contribution < 1.29 is 14.6 Å². The molecule has 1 rings (SSSR count). The van der Waals surface area contributed by atoms with Crippen LogP contribution in [0.15, 0.2) is 0 Å². The van der Waals surface area contributed by atoms with Gasteiger partial charge in [0, 0.05) is 12.5 Å². The highest BCUT2D eigenvalue weighted by Gasteiger charge is 2.43. The fourth-order valence-corrected chi connectivity index (χ4v) is 1.95. The molecular formula is C9H17FO2. The second kappa shape index (κ2) is 3.71. The highest BCUT2D eigenvalue weighted by molar-refractivity contribution is 4.92. The maximum atomic E-state index is 13.3. The zero-order chi connectivity index (χ0) is 9.30. The van der Waals surface area contributed by atoms with E-state index < -0.39 is 12.3 Å². The van der Waals surface area contributed by atoms with Gasteiger partial charge in [-0.1, -0.05) is 13.8 Å². The molecule has 1 aliphatic carbocycles. The molecule has 4 atom stereocenters. The predicted octanol–water partition coefficient (Wildman–Crippen LogP) is 0.970. The van der Waals surface area contributed by atoms with Crippen molar-refractivity contribution in [3.05, 3.63) is 0 Å². The van der Waals surface area contributed by atoms with E-state index in [2.05, 4.69) is 0 Å². The first kappa shape index (κ1) is 9.93. The molecule has 1 aliphatic rings. The Balaban J connectivity index is 2.60. The molecule has 0 spiro atoms. The van der Waals surface area contributed by atoms with E-state index in [1.54, 1.807) is 0 Å². The number of aliphatic hydroxyl groups is 2. The van der Waals surface area contributed by atoms with Crippen LogP contribution < -0.4 is 0 Å². The normalized spacial score (nSPS) is 42.5. The van der Waals surface area contributed by atoms with Crippen molar-refractivity contribution in [3.63, 3.8) is 0 Å². The van der Waals surface area contributed by atoms with Gasteiger partial charge in [0.05, 0.1) is 6.10 Å². The molecule has 0 radical (unpaired) electrons. The lowest BCUT2D eigenvalue weighted by atomic mass is 9.92. The summed E-state index contributed by atoms with van der Waals surface area (Å²) in [5, 5.41) is 18.2. The fourth-order valence-electron chi connectivity index (χ4n) is 1.95. The zero-order valence-corrected chi connectivity index (χ0v) is 7.57. The lowest BCUT2D eigenvalue weighted by Crippen LogP contribution is -2.27. The summed E-state index contributed by atoms with van der Waals surface area (Å²) < 4.78 is 13.3. The molecule has 0 aromatic rings. The van der Waals surface area contributed by atoms with Gasteiger partial charge in [-0.15, -0.1) is 0 Å². The predicted molar refractivity (Wildman–Crippen MR) is 44.4 cm³/mol. The summed E-state index contributed by atoms with van der Waals surface area (Å²) in [5.74, 6) is -0.101. The second-order valence-electron chi connectivity index (χ2n) is 4.02. The standard InChI is InChI=1S/C9H17FO2/c1-5(2)7-3-6(4-11)9(12)8(7)10/h5-9,11-12H,3-4H2,1-2H3/t6-,7+,8-,9-/m1/s1. The number of hydrogen-bond donors (Lipinski definition) is 2. The summed E-state index contributed by atoms with van der Waals surface area (Å²) in [6.45, 7) is 3.79. The van der Waals surface area contributed by atoms with Crippen LogP contribution in [0.3, 0.4) is 0 Å². The van der Waals surface area contributed by atoms with E-state index in [1.165, 1.54) is 0 Å². The molecule has 0 aliphatic heterocycles. The summed E-state index contributed by atoms with van der Waals surface area (Å²) in [6, 6.07) is 0. The summed E-state index contributed by atoms with van der Waals surface area (Å²) in [7, 11) is 0. The molecule has 0 saturated heterocycles. The largest absolute Gasteiger partial charge is 0.396 e. The van der Waals surface area contributed by atoms with Gasteiger partial charge in [-0.05, 0) is 18.3 Å². The van der Waals surface area contributed by atoms with Crippen LogP contribution in [0.5, 0.6) is 0 Å². The monoisotopic (exact) mass is 176 g/mol. The first-order valence-electron chi connectivity index (χ1n) is 4.51. The average molecular weight is 176 g/mol. The molecule has 12 heavy (non-hydrogen) atoms. The van der Waals surface area contributed by atoms with Crippen LogP contribution in [0, 0.1) is 17.8 Å². The van der Waals surface area contributed by atoms with E-state index in [-0.39, 0.29) is 24.4 Å². The van der Waals surface area contributed by atoms with Crippen LogP contribution in [-0.2, 0) is 0 Å². The average Bonchev–Trinajstić information content (AvgIpc) is 2.30. The van der Waals surface area contributed by atoms with Crippen molar-refractivity contribution in [2.45, 2.75) is 32.5 Å². The molecule has 3 heteroatoms. The van der Waals surface area contributed by atoms with E-state index in [4.69, 9.17) is 5.11 Å².